The summed E-state index contributed by atoms with van der Waals surface area (Å²) in [5.74, 6) is 4.01. The van der Waals surface area contributed by atoms with Crippen molar-refractivity contribution in [2.24, 2.45) is 47.3 Å². The molecule has 0 amide bonds. The summed E-state index contributed by atoms with van der Waals surface area (Å²) in [5, 5.41) is 126. The van der Waals surface area contributed by atoms with E-state index in [9.17, 15) is 56.2 Å². The van der Waals surface area contributed by atoms with Crippen molar-refractivity contribution in [3.8, 4) is 0 Å². The largest absolute Gasteiger partial charge is 0.394 e. The van der Waals surface area contributed by atoms with Crippen molar-refractivity contribution in [3.05, 3.63) is 0 Å². The highest BCUT2D eigenvalue weighted by Crippen LogP contribution is 2.47. The molecule has 2 aliphatic rings. The lowest BCUT2D eigenvalue weighted by molar-refractivity contribution is -0.360. The van der Waals surface area contributed by atoms with Crippen LogP contribution in [0.15, 0.2) is 0 Å². The molecule has 0 radical (unpaired) electrons. The van der Waals surface area contributed by atoms with Gasteiger partial charge in [-0.05, 0) is 73.0 Å². The zero-order valence-corrected chi connectivity index (χ0v) is 44.7. The average Bonchev–Trinajstić information content (AvgIpc) is 3.28. The Hall–Kier alpha value is -0.520. The summed E-state index contributed by atoms with van der Waals surface area (Å²) in [7, 11) is 0. The van der Waals surface area contributed by atoms with Gasteiger partial charge in [0, 0.05) is 0 Å². The molecule has 11 unspecified atom stereocenters. The van der Waals surface area contributed by atoms with Gasteiger partial charge in [0.25, 0.3) is 0 Å². The molecule has 0 aromatic heterocycles. The van der Waals surface area contributed by atoms with Gasteiger partial charge in [-0.3, -0.25) is 0 Å². The molecule has 0 spiro atoms. The Morgan fingerprint density at radius 2 is 0.662 bits per heavy atom. The van der Waals surface area contributed by atoms with E-state index in [0.717, 1.165) is 62.7 Å². The second-order valence-electron chi connectivity index (χ2n) is 23.9. The highest BCUT2D eigenvalue weighted by atomic mass is 16.6. The number of aliphatic hydroxyl groups is 11. The van der Waals surface area contributed by atoms with Gasteiger partial charge in [-0.25, -0.2) is 0 Å². The van der Waals surface area contributed by atoms with Gasteiger partial charge in [-0.2, -0.15) is 0 Å². The predicted molar refractivity (Wildman–Crippen MR) is 270 cm³/mol. The fraction of sp³-hybridized carbons (Fsp3) is 1.00. The molecule has 406 valence electrons. The van der Waals surface area contributed by atoms with Gasteiger partial charge in [0.1, 0.15) is 66.6 Å². The Balaban J connectivity index is 2.30. The second-order valence-corrected chi connectivity index (χ2v) is 23.9. The molecule has 0 saturated carbocycles. The van der Waals surface area contributed by atoms with E-state index in [1.54, 1.807) is 0 Å². The molecule has 2 heterocycles. The van der Waals surface area contributed by atoms with Crippen LogP contribution in [0, 0.1) is 47.3 Å². The maximum absolute atomic E-state index is 13.2. The van der Waals surface area contributed by atoms with Crippen molar-refractivity contribution < 1.29 is 65.6 Å². The maximum Gasteiger partial charge on any atom is 0.150 e. The fourth-order valence-electron chi connectivity index (χ4n) is 11.3. The molecular formula is C55H108O13. The zero-order chi connectivity index (χ0) is 51.4. The van der Waals surface area contributed by atoms with Crippen LogP contribution in [-0.2, 0) is 9.47 Å². The van der Waals surface area contributed by atoms with Gasteiger partial charge < -0.3 is 65.6 Å². The monoisotopic (exact) mass is 977 g/mol. The van der Waals surface area contributed by atoms with Crippen molar-refractivity contribution in [2.75, 3.05) is 13.2 Å². The molecule has 2 fully saturated rings. The van der Waals surface area contributed by atoms with Crippen molar-refractivity contribution in [2.45, 2.75) is 289 Å². The van der Waals surface area contributed by atoms with E-state index in [1.165, 1.54) is 70.6 Å². The van der Waals surface area contributed by atoms with Crippen LogP contribution in [0.25, 0.3) is 0 Å². The first-order valence-electron chi connectivity index (χ1n) is 27.7. The van der Waals surface area contributed by atoms with Crippen LogP contribution in [0.2, 0.25) is 0 Å². The van der Waals surface area contributed by atoms with Crippen LogP contribution >= 0.6 is 0 Å². The fourth-order valence-corrected chi connectivity index (χ4v) is 11.3. The Morgan fingerprint density at radius 1 is 0.368 bits per heavy atom. The summed E-state index contributed by atoms with van der Waals surface area (Å²) in [6.45, 7) is 20.7. The Kier molecular flexibility index (Phi) is 29.9. The highest BCUT2D eigenvalue weighted by Gasteiger charge is 2.69. The van der Waals surface area contributed by atoms with Gasteiger partial charge in [-0.15, -0.1) is 0 Å². The predicted octanol–water partition coefficient (Wildman–Crippen LogP) is 7.21. The van der Waals surface area contributed by atoms with E-state index >= 15 is 0 Å². The third-order valence-electron chi connectivity index (χ3n) is 16.4. The smallest absolute Gasteiger partial charge is 0.150 e. The molecule has 19 atom stereocenters. The first kappa shape index (κ1) is 63.6. The summed E-state index contributed by atoms with van der Waals surface area (Å²) in [4.78, 5) is 0. The van der Waals surface area contributed by atoms with Crippen LogP contribution in [0.4, 0.5) is 0 Å². The van der Waals surface area contributed by atoms with Crippen LogP contribution in [-0.4, -0.2) is 148 Å². The minimum Gasteiger partial charge on any atom is -0.394 e. The zero-order valence-electron chi connectivity index (χ0n) is 44.7. The van der Waals surface area contributed by atoms with E-state index < -0.39 is 91.6 Å². The van der Waals surface area contributed by atoms with Crippen LogP contribution in [0.3, 0.4) is 0 Å². The topological polar surface area (TPSA) is 241 Å². The van der Waals surface area contributed by atoms with Crippen molar-refractivity contribution >= 4 is 0 Å². The quantitative estimate of drug-likeness (QED) is 0.0298. The van der Waals surface area contributed by atoms with Crippen molar-refractivity contribution in [1.29, 1.82) is 0 Å². The number of aliphatic hydroxyl groups excluding tert-OH is 9. The third-order valence-corrected chi connectivity index (χ3v) is 16.4. The molecule has 0 aromatic carbocycles. The highest BCUT2D eigenvalue weighted by molar-refractivity contribution is 5.19. The third kappa shape index (κ3) is 19.7. The van der Waals surface area contributed by atoms with E-state index in [1.807, 2.05) is 13.8 Å². The second kappa shape index (κ2) is 31.9. The van der Waals surface area contributed by atoms with E-state index in [2.05, 4.69) is 55.4 Å². The summed E-state index contributed by atoms with van der Waals surface area (Å²) >= 11 is 0. The van der Waals surface area contributed by atoms with Crippen LogP contribution < -0.4 is 0 Å². The molecule has 68 heavy (non-hydrogen) atoms. The summed E-state index contributed by atoms with van der Waals surface area (Å²) in [6, 6.07) is 0. The Labute approximate surface area is 413 Å². The first-order chi connectivity index (χ1) is 31.9. The normalized spacial score (nSPS) is 30.9. The lowest BCUT2D eigenvalue weighted by Gasteiger charge is -2.58. The minimum absolute atomic E-state index is 0.0590. The standard InChI is InChI=1S/C55H108O13/c1-35(2)17-11-19-37(5)21-13-23-39(7)25-15-27-41(9)29-30-45(58)55(66,53-51(64)49(62)47(60)44(34-57)68-53)54(65,52-50(63)48(61)46(59)43(33-56)67-52)32-31-42(10)28-16-26-40(8)24-14-22-38(6)20-12-18-36(3)4/h35-53,56-66H,11-34H2,1-10H3/t37?,38?,39?,40?,41?,42?,43-,44-,45?,46-,47-,48+,49+,50-,51+,52?,53?,54?,55?/m1/s1. The van der Waals surface area contributed by atoms with E-state index in [4.69, 9.17) is 9.47 Å². The Morgan fingerprint density at radius 3 is 1.00 bits per heavy atom. The lowest BCUT2D eigenvalue weighted by Crippen LogP contribution is -2.80. The molecule has 2 rings (SSSR count). The number of ether oxygens (including phenoxy) is 2. The molecule has 0 bridgehead atoms. The summed E-state index contributed by atoms with van der Waals surface area (Å²) in [5.41, 5.74) is -5.75. The van der Waals surface area contributed by atoms with Crippen molar-refractivity contribution in [1.82, 2.24) is 0 Å². The molecule has 11 N–H and O–H groups in total. The number of hydrogen-bond donors (Lipinski definition) is 11. The molecular weight excluding hydrogens is 869 g/mol. The average molecular weight is 977 g/mol. The number of rotatable bonds is 36. The molecule has 0 aliphatic carbocycles. The van der Waals surface area contributed by atoms with Gasteiger partial charge in [-0.1, -0.05) is 185 Å². The SMILES string of the molecule is CC(C)CCCC(C)CCCC(C)CCCC(C)CCC(O)C(O)(C1O[C@H](CO)[C@@H](O)[C@H](O)[C@@H]1O)C(O)(CCC(C)CCCC(C)CCCC(C)CCCC(C)C)C1O[C@H](CO)[C@@H](O)[C@H](O)[C@H]1O. The van der Waals surface area contributed by atoms with Crippen molar-refractivity contribution in [3.63, 3.8) is 0 Å². The van der Waals surface area contributed by atoms with Gasteiger partial charge in [0.05, 0.1) is 19.3 Å². The molecule has 13 heteroatoms. The van der Waals surface area contributed by atoms with E-state index in [-0.39, 0.29) is 31.1 Å². The summed E-state index contributed by atoms with van der Waals surface area (Å²) < 4.78 is 11.9. The summed E-state index contributed by atoms with van der Waals surface area (Å²) in [6.07, 6.45) is -0.185. The molecule has 2 saturated heterocycles. The van der Waals surface area contributed by atoms with Crippen LogP contribution in [0.1, 0.15) is 210 Å². The lowest BCUT2D eigenvalue weighted by atomic mass is 9.63. The van der Waals surface area contributed by atoms with Gasteiger partial charge >= 0.3 is 0 Å². The number of hydrogen-bond acceptors (Lipinski definition) is 13. The maximum atomic E-state index is 13.2. The molecule has 0 aromatic rings. The van der Waals surface area contributed by atoms with Crippen LogP contribution in [0.5, 0.6) is 0 Å². The first-order valence-corrected chi connectivity index (χ1v) is 27.7. The Bertz CT molecular complexity index is 1290. The van der Waals surface area contributed by atoms with Gasteiger partial charge in [0.2, 0.25) is 0 Å². The van der Waals surface area contributed by atoms with E-state index in [0.29, 0.717) is 24.2 Å². The molecule has 2 aliphatic heterocycles. The molecule has 13 nitrogen and oxygen atoms in total. The van der Waals surface area contributed by atoms with Gasteiger partial charge in [0.15, 0.2) is 5.60 Å². The minimum atomic E-state index is -2.98.